The summed E-state index contributed by atoms with van der Waals surface area (Å²) in [5.74, 6) is 2.21. The molecule has 7 nitrogen and oxygen atoms in total. The highest BCUT2D eigenvalue weighted by molar-refractivity contribution is 7.71. The molecule has 0 aliphatic rings. The van der Waals surface area contributed by atoms with Gasteiger partial charge in [-0.25, -0.2) is 5.10 Å². The molecule has 0 aliphatic heterocycles. The smallest absolute Gasteiger partial charge is 0.216 e. The van der Waals surface area contributed by atoms with Gasteiger partial charge < -0.3 is 14.2 Å². The molecule has 30 heavy (non-hydrogen) atoms. The SMILES string of the molecule is COc1ccc(C=Nn2c(-c3ccc(C(C)(C)C)cc3)n[nH]c2=S)c(OC)c1OC. The summed E-state index contributed by atoms with van der Waals surface area (Å²) < 4.78 is 18.2. The van der Waals surface area contributed by atoms with Crippen molar-refractivity contribution in [2.24, 2.45) is 5.10 Å². The standard InChI is InChI=1S/C22H26N4O3S/c1-22(2,3)16-10-7-14(8-11-16)20-24-25-21(30)26(20)23-13-15-9-12-17(27-4)19(29-6)18(15)28-5/h7-13H,1-6H3,(H,25,30). The Hall–Kier alpha value is -3.13. The van der Waals surface area contributed by atoms with Gasteiger partial charge in [-0.2, -0.15) is 14.9 Å². The fourth-order valence-electron chi connectivity index (χ4n) is 3.05. The van der Waals surface area contributed by atoms with E-state index < -0.39 is 0 Å². The Balaban J connectivity index is 2.01. The first kappa shape index (κ1) is 21.6. The van der Waals surface area contributed by atoms with Crippen LogP contribution in [0.4, 0.5) is 0 Å². The molecule has 0 unspecified atom stereocenters. The van der Waals surface area contributed by atoms with Gasteiger partial charge in [-0.1, -0.05) is 45.0 Å². The molecule has 1 heterocycles. The zero-order chi connectivity index (χ0) is 21.9. The van der Waals surface area contributed by atoms with Crippen LogP contribution in [0.5, 0.6) is 17.2 Å². The van der Waals surface area contributed by atoms with Crippen molar-refractivity contribution in [3.05, 3.63) is 52.3 Å². The summed E-state index contributed by atoms with van der Waals surface area (Å²) in [5, 5.41) is 11.7. The maximum Gasteiger partial charge on any atom is 0.216 e. The first-order valence-corrected chi connectivity index (χ1v) is 9.82. The zero-order valence-corrected chi connectivity index (χ0v) is 18.8. The number of hydrogen-bond donors (Lipinski definition) is 1. The molecule has 0 bridgehead atoms. The lowest BCUT2D eigenvalue weighted by Crippen LogP contribution is -2.10. The molecule has 2 aromatic carbocycles. The second-order valence-corrected chi connectivity index (χ2v) is 8.05. The van der Waals surface area contributed by atoms with E-state index in [-0.39, 0.29) is 5.41 Å². The molecule has 0 atom stereocenters. The summed E-state index contributed by atoms with van der Waals surface area (Å²) in [5.41, 5.74) is 2.94. The average molecular weight is 427 g/mol. The third-order valence-corrected chi connectivity index (χ3v) is 4.97. The second-order valence-electron chi connectivity index (χ2n) is 7.66. The first-order chi connectivity index (χ1) is 14.3. The summed E-state index contributed by atoms with van der Waals surface area (Å²) in [6.07, 6.45) is 1.65. The molecule has 1 N–H and O–H groups in total. The number of nitrogens with zero attached hydrogens (tertiary/aromatic N) is 3. The largest absolute Gasteiger partial charge is 0.493 e. The molecular formula is C22H26N4O3S. The molecule has 0 saturated carbocycles. The summed E-state index contributed by atoms with van der Waals surface area (Å²) in [6.45, 7) is 6.54. The van der Waals surface area contributed by atoms with Crippen LogP contribution in [0.25, 0.3) is 11.4 Å². The van der Waals surface area contributed by atoms with Crippen molar-refractivity contribution < 1.29 is 14.2 Å². The van der Waals surface area contributed by atoms with Crippen molar-refractivity contribution in [1.82, 2.24) is 14.9 Å². The number of benzene rings is 2. The van der Waals surface area contributed by atoms with Crippen LogP contribution in [0.1, 0.15) is 31.9 Å². The number of aromatic amines is 1. The third kappa shape index (κ3) is 4.23. The molecule has 0 fully saturated rings. The lowest BCUT2D eigenvalue weighted by molar-refractivity contribution is 0.324. The highest BCUT2D eigenvalue weighted by atomic mass is 32.1. The van der Waals surface area contributed by atoms with Crippen LogP contribution in [-0.4, -0.2) is 42.4 Å². The summed E-state index contributed by atoms with van der Waals surface area (Å²) in [4.78, 5) is 0. The van der Waals surface area contributed by atoms with Gasteiger partial charge in [0.15, 0.2) is 17.3 Å². The quantitative estimate of drug-likeness (QED) is 0.452. The topological polar surface area (TPSA) is 73.7 Å². The Labute approximate surface area is 181 Å². The molecule has 0 amide bonds. The van der Waals surface area contributed by atoms with Crippen molar-refractivity contribution in [1.29, 1.82) is 0 Å². The van der Waals surface area contributed by atoms with Crippen molar-refractivity contribution in [3.8, 4) is 28.6 Å². The van der Waals surface area contributed by atoms with Crippen LogP contribution < -0.4 is 14.2 Å². The average Bonchev–Trinajstić information content (AvgIpc) is 3.11. The van der Waals surface area contributed by atoms with E-state index in [0.29, 0.717) is 33.4 Å². The summed E-state index contributed by atoms with van der Waals surface area (Å²) >= 11 is 5.38. The van der Waals surface area contributed by atoms with Crippen molar-refractivity contribution in [2.75, 3.05) is 21.3 Å². The Kier molecular flexibility index (Phi) is 6.26. The number of rotatable bonds is 6. The van der Waals surface area contributed by atoms with Gasteiger partial charge in [0.05, 0.1) is 27.5 Å². The van der Waals surface area contributed by atoms with Crippen molar-refractivity contribution >= 4 is 18.4 Å². The molecule has 0 spiro atoms. The molecule has 0 aliphatic carbocycles. The van der Waals surface area contributed by atoms with E-state index in [1.165, 1.54) is 5.56 Å². The van der Waals surface area contributed by atoms with E-state index in [9.17, 15) is 0 Å². The van der Waals surface area contributed by atoms with Gasteiger partial charge in [-0.15, -0.1) is 0 Å². The van der Waals surface area contributed by atoms with Crippen LogP contribution in [0, 0.1) is 4.77 Å². The Morgan fingerprint density at radius 1 is 0.967 bits per heavy atom. The van der Waals surface area contributed by atoms with Gasteiger partial charge in [0, 0.05) is 11.1 Å². The predicted octanol–water partition coefficient (Wildman–Crippen LogP) is 4.81. The normalized spacial score (nSPS) is 11.7. The summed E-state index contributed by atoms with van der Waals surface area (Å²) in [7, 11) is 4.71. The molecule has 0 saturated heterocycles. The third-order valence-electron chi connectivity index (χ3n) is 4.71. The van der Waals surface area contributed by atoms with Crippen molar-refractivity contribution in [3.63, 3.8) is 0 Å². The van der Waals surface area contributed by atoms with Crippen LogP contribution in [0.2, 0.25) is 0 Å². The fraction of sp³-hybridized carbons (Fsp3) is 0.318. The molecule has 8 heteroatoms. The molecule has 0 radical (unpaired) electrons. The number of methoxy groups -OCH3 is 3. The molecule has 3 aromatic rings. The Morgan fingerprint density at radius 2 is 1.63 bits per heavy atom. The minimum absolute atomic E-state index is 0.0748. The van der Waals surface area contributed by atoms with Gasteiger partial charge in [0.25, 0.3) is 0 Å². The maximum absolute atomic E-state index is 5.51. The van der Waals surface area contributed by atoms with E-state index in [1.54, 1.807) is 38.3 Å². The van der Waals surface area contributed by atoms with Gasteiger partial charge in [0.2, 0.25) is 10.5 Å². The lowest BCUT2D eigenvalue weighted by atomic mass is 9.87. The Morgan fingerprint density at radius 3 is 2.20 bits per heavy atom. The molecular weight excluding hydrogens is 400 g/mol. The minimum Gasteiger partial charge on any atom is -0.493 e. The Bertz CT molecular complexity index is 1110. The second kappa shape index (κ2) is 8.71. The van der Waals surface area contributed by atoms with E-state index in [1.807, 2.05) is 18.2 Å². The number of nitrogens with one attached hydrogen (secondary N) is 1. The highest BCUT2D eigenvalue weighted by Crippen LogP contribution is 2.39. The van der Waals surface area contributed by atoms with E-state index in [2.05, 4.69) is 48.2 Å². The van der Waals surface area contributed by atoms with Gasteiger partial charge >= 0.3 is 0 Å². The van der Waals surface area contributed by atoms with Gasteiger partial charge in [-0.05, 0) is 35.3 Å². The highest BCUT2D eigenvalue weighted by Gasteiger charge is 2.16. The van der Waals surface area contributed by atoms with Crippen LogP contribution in [-0.2, 0) is 5.41 Å². The van der Waals surface area contributed by atoms with Gasteiger partial charge in [0.1, 0.15) is 0 Å². The number of aromatic nitrogens is 3. The zero-order valence-electron chi connectivity index (χ0n) is 18.0. The van der Waals surface area contributed by atoms with E-state index in [0.717, 1.165) is 5.56 Å². The predicted molar refractivity (Wildman–Crippen MR) is 121 cm³/mol. The molecule has 1 aromatic heterocycles. The maximum atomic E-state index is 5.51. The first-order valence-electron chi connectivity index (χ1n) is 9.41. The summed E-state index contributed by atoms with van der Waals surface area (Å²) in [6, 6.07) is 11.9. The number of hydrogen-bond acceptors (Lipinski definition) is 6. The van der Waals surface area contributed by atoms with Gasteiger partial charge in [-0.3, -0.25) is 0 Å². The molecule has 3 rings (SSSR count). The number of H-pyrrole nitrogens is 1. The van der Waals surface area contributed by atoms with Crippen LogP contribution in [0.15, 0.2) is 41.5 Å². The number of ether oxygens (including phenoxy) is 3. The van der Waals surface area contributed by atoms with E-state index >= 15 is 0 Å². The minimum atomic E-state index is 0.0748. The fourth-order valence-corrected chi connectivity index (χ4v) is 3.23. The monoisotopic (exact) mass is 426 g/mol. The lowest BCUT2D eigenvalue weighted by Gasteiger charge is -2.18. The van der Waals surface area contributed by atoms with Crippen molar-refractivity contribution in [2.45, 2.75) is 26.2 Å². The van der Waals surface area contributed by atoms with E-state index in [4.69, 9.17) is 26.4 Å². The van der Waals surface area contributed by atoms with Crippen LogP contribution >= 0.6 is 12.2 Å². The molecule has 158 valence electrons. The van der Waals surface area contributed by atoms with Crippen LogP contribution in [0.3, 0.4) is 0 Å².